The van der Waals surface area contributed by atoms with E-state index in [9.17, 15) is 13.2 Å². The molecule has 0 heterocycles. The summed E-state index contributed by atoms with van der Waals surface area (Å²) >= 11 is 6.12. The maximum Gasteiger partial charge on any atom is 0.260 e. The van der Waals surface area contributed by atoms with Crippen LogP contribution in [0.25, 0.3) is 0 Å². The normalized spacial score (nSPS) is 11.3. The number of nitrogens with zero attached hydrogens (tertiary/aromatic N) is 2. The summed E-state index contributed by atoms with van der Waals surface area (Å²) in [5, 5.41) is 4.55. The number of sulfonamides is 1. The zero-order chi connectivity index (χ0) is 23.0. The number of hydrazone groups is 1. The van der Waals surface area contributed by atoms with Gasteiger partial charge in [-0.2, -0.15) is 5.10 Å². The van der Waals surface area contributed by atoms with Crippen LogP contribution in [0.4, 0.5) is 5.69 Å². The van der Waals surface area contributed by atoms with Crippen LogP contribution in [0.15, 0.2) is 84.0 Å². The van der Waals surface area contributed by atoms with Crippen molar-refractivity contribution in [2.75, 3.05) is 17.1 Å². The molecule has 32 heavy (non-hydrogen) atoms. The number of para-hydroxylation sites is 1. The van der Waals surface area contributed by atoms with Crippen molar-refractivity contribution < 1.29 is 17.9 Å². The second-order valence-corrected chi connectivity index (χ2v) is 9.16. The molecule has 1 amide bonds. The van der Waals surface area contributed by atoms with Crippen molar-refractivity contribution in [2.24, 2.45) is 5.10 Å². The van der Waals surface area contributed by atoms with E-state index in [0.717, 1.165) is 21.7 Å². The number of benzene rings is 3. The summed E-state index contributed by atoms with van der Waals surface area (Å²) in [6.45, 7) is -0.0313. The molecule has 0 radical (unpaired) electrons. The lowest BCUT2D eigenvalue weighted by Crippen LogP contribution is -2.38. The number of hydrogen-bond acceptors (Lipinski definition) is 5. The van der Waals surface area contributed by atoms with Gasteiger partial charge in [0.15, 0.2) is 0 Å². The van der Waals surface area contributed by atoms with Crippen molar-refractivity contribution in [3.8, 4) is 5.75 Å². The summed E-state index contributed by atoms with van der Waals surface area (Å²) in [5.41, 5.74) is 4.38. The minimum Gasteiger partial charge on any atom is -0.489 e. The van der Waals surface area contributed by atoms with E-state index in [1.165, 1.54) is 6.21 Å². The third-order valence-corrected chi connectivity index (χ3v) is 5.88. The number of hydrogen-bond donors (Lipinski definition) is 1. The Hall–Kier alpha value is -3.36. The highest BCUT2D eigenvalue weighted by molar-refractivity contribution is 7.92. The van der Waals surface area contributed by atoms with Crippen LogP contribution in [0.5, 0.6) is 5.75 Å². The van der Waals surface area contributed by atoms with Gasteiger partial charge in [-0.3, -0.25) is 9.10 Å². The van der Waals surface area contributed by atoms with Gasteiger partial charge in [-0.1, -0.05) is 48.0 Å². The minimum absolute atomic E-state index is 0.349. The van der Waals surface area contributed by atoms with E-state index in [1.54, 1.807) is 54.6 Å². The molecule has 7 nitrogen and oxygen atoms in total. The summed E-state index contributed by atoms with van der Waals surface area (Å²) < 4.78 is 30.8. The van der Waals surface area contributed by atoms with Crippen molar-refractivity contribution in [1.82, 2.24) is 5.43 Å². The van der Waals surface area contributed by atoms with Crippen LogP contribution in [0.1, 0.15) is 11.1 Å². The van der Waals surface area contributed by atoms with Crippen molar-refractivity contribution in [3.05, 3.63) is 95.0 Å². The number of carbonyl (C=O) groups excluding carboxylic acids is 1. The Balaban J connectivity index is 1.53. The Kier molecular flexibility index (Phi) is 7.86. The van der Waals surface area contributed by atoms with Gasteiger partial charge in [0, 0.05) is 10.6 Å². The maximum atomic E-state index is 12.2. The third-order valence-electron chi connectivity index (χ3n) is 4.37. The average molecular weight is 472 g/mol. The lowest BCUT2D eigenvalue weighted by molar-refractivity contribution is -0.119. The molecular formula is C23H22ClN3O4S. The molecular weight excluding hydrogens is 450 g/mol. The predicted molar refractivity (Wildman–Crippen MR) is 127 cm³/mol. The molecule has 1 N–H and O–H groups in total. The molecule has 0 saturated carbocycles. The lowest BCUT2D eigenvalue weighted by atomic mass is 10.2. The molecule has 9 heteroatoms. The number of ether oxygens (including phenoxy) is 1. The molecule has 0 aliphatic heterocycles. The Morgan fingerprint density at radius 3 is 2.34 bits per heavy atom. The molecule has 3 rings (SSSR count). The van der Waals surface area contributed by atoms with E-state index >= 15 is 0 Å². The smallest absolute Gasteiger partial charge is 0.260 e. The van der Waals surface area contributed by atoms with Crippen LogP contribution >= 0.6 is 11.6 Å². The third kappa shape index (κ3) is 6.83. The van der Waals surface area contributed by atoms with E-state index in [0.29, 0.717) is 23.1 Å². The molecule has 0 bridgehead atoms. The molecule has 0 fully saturated rings. The SMILES string of the molecule is CS(=O)(=O)N(CC(=O)N/N=C\c1ccc(OCc2ccccc2Cl)cc1)c1ccccc1. The van der Waals surface area contributed by atoms with Gasteiger partial charge < -0.3 is 4.74 Å². The fraction of sp³-hybridized carbons (Fsp3) is 0.130. The number of nitrogens with one attached hydrogen (secondary N) is 1. The second-order valence-electron chi connectivity index (χ2n) is 6.85. The Labute approximate surface area is 192 Å². The fourth-order valence-corrected chi connectivity index (χ4v) is 3.81. The molecule has 0 saturated heterocycles. The van der Waals surface area contributed by atoms with Gasteiger partial charge in [-0.15, -0.1) is 0 Å². The van der Waals surface area contributed by atoms with E-state index in [4.69, 9.17) is 16.3 Å². The Bertz CT molecular complexity index is 1180. The maximum absolute atomic E-state index is 12.2. The topological polar surface area (TPSA) is 88.1 Å². The number of halogens is 1. The van der Waals surface area contributed by atoms with Crippen LogP contribution in [-0.4, -0.2) is 33.3 Å². The second kappa shape index (κ2) is 10.8. The number of carbonyl (C=O) groups is 1. The fourth-order valence-electron chi connectivity index (χ4n) is 2.77. The quantitative estimate of drug-likeness (QED) is 0.379. The molecule has 0 aromatic heterocycles. The van der Waals surface area contributed by atoms with Crippen LogP contribution < -0.4 is 14.5 Å². The molecule has 3 aromatic carbocycles. The van der Waals surface area contributed by atoms with Crippen LogP contribution in [0, 0.1) is 0 Å². The van der Waals surface area contributed by atoms with Crippen molar-refractivity contribution in [2.45, 2.75) is 6.61 Å². The molecule has 0 aliphatic carbocycles. The first-order chi connectivity index (χ1) is 15.3. The highest BCUT2D eigenvalue weighted by atomic mass is 35.5. The van der Waals surface area contributed by atoms with Crippen LogP contribution in [-0.2, 0) is 21.4 Å². The lowest BCUT2D eigenvalue weighted by Gasteiger charge is -2.21. The summed E-state index contributed by atoms with van der Waals surface area (Å²) in [6.07, 6.45) is 2.51. The predicted octanol–water partition coefficient (Wildman–Crippen LogP) is 3.84. The van der Waals surface area contributed by atoms with E-state index in [-0.39, 0.29) is 6.54 Å². The van der Waals surface area contributed by atoms with Gasteiger partial charge in [0.25, 0.3) is 5.91 Å². The molecule has 0 spiro atoms. The molecule has 0 atom stereocenters. The number of amides is 1. The zero-order valence-electron chi connectivity index (χ0n) is 17.3. The summed E-state index contributed by atoms with van der Waals surface area (Å²) in [5.74, 6) is 0.105. The summed E-state index contributed by atoms with van der Waals surface area (Å²) in [4.78, 5) is 12.2. The van der Waals surface area contributed by atoms with E-state index in [1.807, 2.05) is 24.3 Å². The summed E-state index contributed by atoms with van der Waals surface area (Å²) in [6, 6.07) is 23.0. The zero-order valence-corrected chi connectivity index (χ0v) is 18.9. The number of anilines is 1. The van der Waals surface area contributed by atoms with Crippen LogP contribution in [0.2, 0.25) is 5.02 Å². The Morgan fingerprint density at radius 1 is 1.03 bits per heavy atom. The van der Waals surface area contributed by atoms with E-state index in [2.05, 4.69) is 10.5 Å². The van der Waals surface area contributed by atoms with E-state index < -0.39 is 15.9 Å². The first kappa shape index (κ1) is 23.3. The van der Waals surface area contributed by atoms with Gasteiger partial charge in [-0.05, 0) is 48.0 Å². The molecule has 0 aliphatic rings. The number of rotatable bonds is 9. The van der Waals surface area contributed by atoms with Crippen molar-refractivity contribution >= 4 is 39.4 Å². The first-order valence-corrected chi connectivity index (χ1v) is 11.9. The highest BCUT2D eigenvalue weighted by Gasteiger charge is 2.20. The van der Waals surface area contributed by atoms with Crippen LogP contribution in [0.3, 0.4) is 0 Å². The molecule has 166 valence electrons. The Morgan fingerprint density at radius 2 is 1.69 bits per heavy atom. The molecule has 0 unspecified atom stereocenters. The van der Waals surface area contributed by atoms with Crippen molar-refractivity contribution in [1.29, 1.82) is 0 Å². The summed E-state index contributed by atoms with van der Waals surface area (Å²) in [7, 11) is -3.62. The minimum atomic E-state index is -3.62. The standard InChI is InChI=1S/C23H22ClN3O4S/c1-32(29,30)27(20-8-3-2-4-9-20)16-23(28)26-25-15-18-11-13-21(14-12-18)31-17-19-7-5-6-10-22(19)24/h2-15H,16-17H2,1H3,(H,26,28)/b25-15-. The highest BCUT2D eigenvalue weighted by Crippen LogP contribution is 2.19. The van der Waals surface area contributed by atoms with Gasteiger partial charge in [-0.25, -0.2) is 13.8 Å². The monoisotopic (exact) mass is 471 g/mol. The first-order valence-electron chi connectivity index (χ1n) is 9.64. The largest absolute Gasteiger partial charge is 0.489 e. The van der Waals surface area contributed by atoms with Gasteiger partial charge in [0.05, 0.1) is 18.2 Å². The van der Waals surface area contributed by atoms with Gasteiger partial charge >= 0.3 is 0 Å². The molecule has 3 aromatic rings. The van der Waals surface area contributed by atoms with Gasteiger partial charge in [0.2, 0.25) is 10.0 Å². The average Bonchev–Trinajstić information content (AvgIpc) is 2.78. The van der Waals surface area contributed by atoms with Gasteiger partial charge in [0.1, 0.15) is 18.9 Å². The van der Waals surface area contributed by atoms with Crippen molar-refractivity contribution in [3.63, 3.8) is 0 Å².